The lowest BCUT2D eigenvalue weighted by Gasteiger charge is -2.49. The minimum atomic E-state index is -0.549. The van der Waals surface area contributed by atoms with Crippen molar-refractivity contribution >= 4 is 5.82 Å². The maximum atomic E-state index is 10.1. The van der Waals surface area contributed by atoms with Gasteiger partial charge in [0, 0.05) is 0 Å². The van der Waals surface area contributed by atoms with E-state index in [2.05, 4.69) is 10.2 Å². The molecule has 0 atom stereocenters. The van der Waals surface area contributed by atoms with E-state index >= 15 is 0 Å². The number of aryl methyl sites for hydroxylation is 1. The van der Waals surface area contributed by atoms with Gasteiger partial charge < -0.3 is 10.0 Å². The molecule has 0 saturated carbocycles. The molecule has 0 amide bonds. The maximum Gasteiger partial charge on any atom is 0.151 e. The van der Waals surface area contributed by atoms with Gasteiger partial charge in [-0.05, 0) is 25.0 Å². The Hall–Kier alpha value is -1.16. The van der Waals surface area contributed by atoms with Crippen molar-refractivity contribution in [2.45, 2.75) is 26.4 Å². The van der Waals surface area contributed by atoms with Crippen LogP contribution in [0.5, 0.6) is 0 Å². The smallest absolute Gasteiger partial charge is 0.151 e. The van der Waals surface area contributed by atoms with Crippen molar-refractivity contribution in [3.63, 3.8) is 0 Å². The summed E-state index contributed by atoms with van der Waals surface area (Å²) in [5, 5.41) is 18.2. The highest BCUT2D eigenvalue weighted by atomic mass is 16.3. The third kappa shape index (κ3) is 1.81. The van der Waals surface area contributed by atoms with Gasteiger partial charge in [-0.15, -0.1) is 5.10 Å². The molecule has 1 aromatic rings. The Morgan fingerprint density at radius 1 is 1.33 bits per heavy atom. The second-order valence-electron chi connectivity index (χ2n) is 4.65. The van der Waals surface area contributed by atoms with Crippen LogP contribution in [0.25, 0.3) is 0 Å². The van der Waals surface area contributed by atoms with Gasteiger partial charge in [0.1, 0.15) is 5.60 Å². The molecular weight excluding hydrogens is 190 g/mol. The van der Waals surface area contributed by atoms with Crippen molar-refractivity contribution in [1.29, 1.82) is 0 Å². The van der Waals surface area contributed by atoms with Gasteiger partial charge in [-0.2, -0.15) is 5.10 Å². The van der Waals surface area contributed by atoms with Crippen LogP contribution in [-0.2, 0) is 0 Å². The van der Waals surface area contributed by atoms with Gasteiger partial charge in [-0.1, -0.05) is 13.8 Å². The lowest BCUT2D eigenvalue weighted by molar-refractivity contribution is -0.0305. The summed E-state index contributed by atoms with van der Waals surface area (Å²) in [6, 6.07) is 3.89. The summed E-state index contributed by atoms with van der Waals surface area (Å²) in [6.07, 6.45) is 0. The zero-order chi connectivity index (χ0) is 11.1. The topological polar surface area (TPSA) is 49.2 Å². The van der Waals surface area contributed by atoms with Crippen molar-refractivity contribution in [3.05, 3.63) is 17.8 Å². The van der Waals surface area contributed by atoms with Crippen LogP contribution < -0.4 is 4.90 Å². The first-order valence-electron chi connectivity index (χ1n) is 5.29. The van der Waals surface area contributed by atoms with Gasteiger partial charge in [0.25, 0.3) is 0 Å². The molecule has 0 bridgehead atoms. The van der Waals surface area contributed by atoms with Crippen LogP contribution in [0.15, 0.2) is 12.1 Å². The molecule has 0 aliphatic carbocycles. The monoisotopic (exact) mass is 207 g/mol. The summed E-state index contributed by atoms with van der Waals surface area (Å²) in [5.41, 5.74) is 0.366. The van der Waals surface area contributed by atoms with E-state index in [1.807, 2.05) is 37.8 Å². The Bertz CT molecular complexity index is 341. The summed E-state index contributed by atoms with van der Waals surface area (Å²) in [6.45, 7) is 7.30. The summed E-state index contributed by atoms with van der Waals surface area (Å²) in [7, 11) is 0. The van der Waals surface area contributed by atoms with E-state index in [4.69, 9.17) is 0 Å². The van der Waals surface area contributed by atoms with Crippen molar-refractivity contribution in [2.75, 3.05) is 18.0 Å². The fourth-order valence-electron chi connectivity index (χ4n) is 1.70. The highest BCUT2D eigenvalue weighted by Gasteiger charge is 2.44. The molecule has 1 aromatic heterocycles. The fraction of sp³-hybridized carbons (Fsp3) is 0.636. The lowest BCUT2D eigenvalue weighted by atomic mass is 9.83. The predicted molar refractivity (Wildman–Crippen MR) is 58.8 cm³/mol. The van der Waals surface area contributed by atoms with Crippen molar-refractivity contribution in [3.8, 4) is 0 Å². The first-order valence-corrected chi connectivity index (χ1v) is 5.29. The van der Waals surface area contributed by atoms with Crippen LogP contribution in [-0.4, -0.2) is 34.0 Å². The summed E-state index contributed by atoms with van der Waals surface area (Å²) in [5.74, 6) is 1.14. The van der Waals surface area contributed by atoms with Crippen molar-refractivity contribution in [2.24, 2.45) is 5.92 Å². The fourth-order valence-corrected chi connectivity index (χ4v) is 1.70. The van der Waals surface area contributed by atoms with Crippen LogP contribution in [0.2, 0.25) is 0 Å². The Kier molecular flexibility index (Phi) is 2.38. The highest BCUT2D eigenvalue weighted by molar-refractivity contribution is 5.43. The molecule has 1 aliphatic rings. The Balaban J connectivity index is 2.03. The van der Waals surface area contributed by atoms with E-state index in [9.17, 15) is 5.11 Å². The average molecular weight is 207 g/mol. The third-order valence-electron chi connectivity index (χ3n) is 3.11. The average Bonchev–Trinajstić information content (AvgIpc) is 2.14. The summed E-state index contributed by atoms with van der Waals surface area (Å²) >= 11 is 0. The number of aliphatic hydroxyl groups is 1. The maximum absolute atomic E-state index is 10.1. The van der Waals surface area contributed by atoms with Gasteiger partial charge in [-0.3, -0.25) is 0 Å². The third-order valence-corrected chi connectivity index (χ3v) is 3.11. The van der Waals surface area contributed by atoms with E-state index in [-0.39, 0.29) is 5.92 Å². The first-order chi connectivity index (χ1) is 7.01. The van der Waals surface area contributed by atoms with Gasteiger partial charge in [0.05, 0.1) is 18.8 Å². The number of nitrogens with zero attached hydrogens (tertiary/aromatic N) is 3. The van der Waals surface area contributed by atoms with E-state index < -0.39 is 5.60 Å². The normalized spacial score (nSPS) is 19.1. The molecular formula is C11H17N3O. The summed E-state index contributed by atoms with van der Waals surface area (Å²) in [4.78, 5) is 2.05. The number of rotatable bonds is 2. The molecule has 0 unspecified atom stereocenters. The summed E-state index contributed by atoms with van der Waals surface area (Å²) < 4.78 is 0. The molecule has 2 rings (SSSR count). The first kappa shape index (κ1) is 10.4. The zero-order valence-corrected chi connectivity index (χ0v) is 9.44. The largest absolute Gasteiger partial charge is 0.386 e. The molecule has 1 fully saturated rings. The second-order valence-corrected chi connectivity index (χ2v) is 4.65. The molecule has 1 N–H and O–H groups in total. The van der Waals surface area contributed by atoms with Crippen LogP contribution >= 0.6 is 0 Å². The van der Waals surface area contributed by atoms with Crippen molar-refractivity contribution < 1.29 is 5.11 Å². The molecule has 0 aromatic carbocycles. The van der Waals surface area contributed by atoms with Crippen LogP contribution in [0.1, 0.15) is 19.5 Å². The number of anilines is 1. The number of β-amino-alcohol motifs (C(OH)–C–C–N with tert-alkyl or cyclic N) is 1. The second kappa shape index (κ2) is 3.45. The van der Waals surface area contributed by atoms with Gasteiger partial charge >= 0.3 is 0 Å². The van der Waals surface area contributed by atoms with Gasteiger partial charge in [0.15, 0.2) is 5.82 Å². The molecule has 2 heterocycles. The predicted octanol–water partition coefficient (Wildman–Crippen LogP) is 0.992. The van der Waals surface area contributed by atoms with Gasteiger partial charge in [0.2, 0.25) is 0 Å². The molecule has 0 spiro atoms. The number of hydrogen-bond acceptors (Lipinski definition) is 4. The molecule has 15 heavy (non-hydrogen) atoms. The minimum absolute atomic E-state index is 0.284. The molecule has 1 aliphatic heterocycles. The minimum Gasteiger partial charge on any atom is -0.386 e. The van der Waals surface area contributed by atoms with E-state index in [1.54, 1.807) is 0 Å². The highest BCUT2D eigenvalue weighted by Crippen LogP contribution is 2.31. The van der Waals surface area contributed by atoms with E-state index in [0.29, 0.717) is 13.1 Å². The molecule has 82 valence electrons. The lowest BCUT2D eigenvalue weighted by Crippen LogP contribution is -2.65. The van der Waals surface area contributed by atoms with E-state index in [0.717, 1.165) is 11.5 Å². The Morgan fingerprint density at radius 3 is 2.47 bits per heavy atom. The zero-order valence-electron chi connectivity index (χ0n) is 9.44. The standard InChI is InChI=1S/C11H17N3O/c1-8(2)11(15)6-14(7-11)10-5-4-9(3)12-13-10/h4-5,8,15H,6-7H2,1-3H3. The molecule has 4 nitrogen and oxygen atoms in total. The quantitative estimate of drug-likeness (QED) is 0.785. The number of hydrogen-bond donors (Lipinski definition) is 1. The Labute approximate surface area is 89.9 Å². The van der Waals surface area contributed by atoms with Crippen molar-refractivity contribution in [1.82, 2.24) is 10.2 Å². The SMILES string of the molecule is Cc1ccc(N2CC(O)(C(C)C)C2)nn1. The van der Waals surface area contributed by atoms with Gasteiger partial charge in [-0.25, -0.2) is 0 Å². The van der Waals surface area contributed by atoms with E-state index in [1.165, 1.54) is 0 Å². The molecule has 4 heteroatoms. The molecule has 0 radical (unpaired) electrons. The Morgan fingerprint density at radius 2 is 2.00 bits per heavy atom. The number of aromatic nitrogens is 2. The van der Waals surface area contributed by atoms with Crippen LogP contribution in [0.4, 0.5) is 5.82 Å². The van der Waals surface area contributed by atoms with Crippen LogP contribution in [0.3, 0.4) is 0 Å². The van der Waals surface area contributed by atoms with Crippen LogP contribution in [0, 0.1) is 12.8 Å². The molecule has 1 saturated heterocycles.